The van der Waals surface area contributed by atoms with Crippen LogP contribution < -0.4 is 10.1 Å². The van der Waals surface area contributed by atoms with Crippen molar-refractivity contribution in [1.82, 2.24) is 9.97 Å². The second kappa shape index (κ2) is 9.31. The summed E-state index contributed by atoms with van der Waals surface area (Å²) >= 11 is 6.08. The van der Waals surface area contributed by atoms with Crippen LogP contribution in [0.1, 0.15) is 25.0 Å². The molecule has 0 aliphatic rings. The van der Waals surface area contributed by atoms with Crippen molar-refractivity contribution in [2.24, 2.45) is 0 Å². The molecule has 5 aromatic rings. The predicted molar refractivity (Wildman–Crippen MR) is 141 cm³/mol. The molecule has 7 heteroatoms. The second-order valence-corrected chi connectivity index (χ2v) is 8.70. The molecule has 35 heavy (non-hydrogen) atoms. The Morgan fingerprint density at radius 3 is 2.71 bits per heavy atom. The number of anilines is 1. The van der Waals surface area contributed by atoms with Gasteiger partial charge in [0.05, 0.1) is 23.9 Å². The first-order valence-electron chi connectivity index (χ1n) is 11.3. The highest BCUT2D eigenvalue weighted by atomic mass is 35.5. The fourth-order valence-corrected chi connectivity index (χ4v) is 4.36. The maximum absolute atomic E-state index is 12.8. The SMILES string of the molecule is CCOc1c(/C(C)=C/C(=O)Nc2nc3ccccc3[nH]2)cc2c(-c3ccc(Cl)cc3)coc2c1C. The van der Waals surface area contributed by atoms with E-state index in [1.165, 1.54) is 0 Å². The summed E-state index contributed by atoms with van der Waals surface area (Å²) in [6.45, 7) is 6.28. The first kappa shape index (κ1) is 22.7. The van der Waals surface area contributed by atoms with Gasteiger partial charge in [0.25, 0.3) is 5.91 Å². The summed E-state index contributed by atoms with van der Waals surface area (Å²) in [5.74, 6) is 0.811. The number of hydrogen-bond donors (Lipinski definition) is 2. The number of nitrogens with one attached hydrogen (secondary N) is 2. The van der Waals surface area contributed by atoms with E-state index in [4.69, 9.17) is 20.8 Å². The molecule has 0 unspecified atom stereocenters. The van der Waals surface area contributed by atoms with E-state index in [1.807, 2.05) is 75.4 Å². The van der Waals surface area contributed by atoms with Gasteiger partial charge in [-0.05, 0) is 62.2 Å². The second-order valence-electron chi connectivity index (χ2n) is 8.26. The number of para-hydroxylation sites is 2. The van der Waals surface area contributed by atoms with Gasteiger partial charge in [-0.25, -0.2) is 4.98 Å². The Hall–Kier alpha value is -4.03. The monoisotopic (exact) mass is 485 g/mol. The van der Waals surface area contributed by atoms with E-state index in [2.05, 4.69) is 15.3 Å². The molecule has 6 nitrogen and oxygen atoms in total. The minimum absolute atomic E-state index is 0.285. The van der Waals surface area contributed by atoms with Crippen LogP contribution in [0.5, 0.6) is 5.75 Å². The van der Waals surface area contributed by atoms with Crippen molar-refractivity contribution in [2.75, 3.05) is 11.9 Å². The zero-order valence-electron chi connectivity index (χ0n) is 19.6. The number of halogens is 1. The average Bonchev–Trinajstić information content (AvgIpc) is 3.45. The Kier molecular flexibility index (Phi) is 6.05. The molecule has 0 saturated carbocycles. The van der Waals surface area contributed by atoms with Gasteiger partial charge in [-0.1, -0.05) is 35.9 Å². The maximum atomic E-state index is 12.8. The summed E-state index contributed by atoms with van der Waals surface area (Å²) in [4.78, 5) is 20.4. The van der Waals surface area contributed by atoms with Crippen molar-refractivity contribution < 1.29 is 13.9 Å². The fraction of sp³-hybridized carbons (Fsp3) is 0.143. The molecule has 2 aromatic heterocycles. The highest BCUT2D eigenvalue weighted by Gasteiger charge is 2.19. The first-order chi connectivity index (χ1) is 16.9. The van der Waals surface area contributed by atoms with E-state index in [0.29, 0.717) is 23.3 Å². The van der Waals surface area contributed by atoms with Crippen LogP contribution in [0.3, 0.4) is 0 Å². The number of imidazole rings is 1. The number of aromatic nitrogens is 2. The highest BCUT2D eigenvalue weighted by molar-refractivity contribution is 6.30. The number of ether oxygens (including phenoxy) is 1. The van der Waals surface area contributed by atoms with E-state index in [-0.39, 0.29) is 5.91 Å². The lowest BCUT2D eigenvalue weighted by molar-refractivity contribution is -0.111. The topological polar surface area (TPSA) is 80.1 Å². The summed E-state index contributed by atoms with van der Waals surface area (Å²) in [6, 6.07) is 17.3. The van der Waals surface area contributed by atoms with E-state index in [0.717, 1.165) is 49.8 Å². The number of aromatic amines is 1. The molecule has 3 aromatic carbocycles. The van der Waals surface area contributed by atoms with Gasteiger partial charge in [-0.2, -0.15) is 0 Å². The quantitative estimate of drug-likeness (QED) is 0.246. The Morgan fingerprint density at radius 1 is 1.20 bits per heavy atom. The van der Waals surface area contributed by atoms with Crippen LogP contribution >= 0.6 is 11.6 Å². The molecule has 0 spiro atoms. The zero-order chi connectivity index (χ0) is 24.5. The van der Waals surface area contributed by atoms with E-state index >= 15 is 0 Å². The van der Waals surface area contributed by atoms with Gasteiger partial charge in [0.15, 0.2) is 0 Å². The number of nitrogens with zero attached hydrogens (tertiary/aromatic N) is 1. The minimum Gasteiger partial charge on any atom is -0.493 e. The van der Waals surface area contributed by atoms with Gasteiger partial charge in [-0.3, -0.25) is 10.1 Å². The molecular formula is C28H24ClN3O3. The van der Waals surface area contributed by atoms with Crippen molar-refractivity contribution in [2.45, 2.75) is 20.8 Å². The number of rotatable bonds is 6. The summed E-state index contributed by atoms with van der Waals surface area (Å²) < 4.78 is 11.9. The molecule has 176 valence electrons. The van der Waals surface area contributed by atoms with Crippen molar-refractivity contribution in [1.29, 1.82) is 0 Å². The molecular weight excluding hydrogens is 462 g/mol. The van der Waals surface area contributed by atoms with Crippen LogP contribution in [0.25, 0.3) is 38.7 Å². The van der Waals surface area contributed by atoms with E-state index < -0.39 is 0 Å². The summed E-state index contributed by atoms with van der Waals surface area (Å²) in [5.41, 5.74) is 6.81. The van der Waals surface area contributed by atoms with Crippen LogP contribution in [0.15, 0.2) is 71.4 Å². The van der Waals surface area contributed by atoms with Gasteiger partial charge in [0.2, 0.25) is 5.95 Å². The lowest BCUT2D eigenvalue weighted by Gasteiger charge is -2.15. The Balaban J connectivity index is 1.54. The van der Waals surface area contributed by atoms with Crippen molar-refractivity contribution in [3.8, 4) is 16.9 Å². The number of carbonyl (C=O) groups is 1. The number of benzene rings is 3. The molecule has 5 rings (SSSR count). The molecule has 0 aliphatic heterocycles. The molecule has 0 radical (unpaired) electrons. The molecule has 0 fully saturated rings. The van der Waals surface area contributed by atoms with Gasteiger partial charge in [0.1, 0.15) is 11.3 Å². The molecule has 0 atom stereocenters. The predicted octanol–water partition coefficient (Wildman–Crippen LogP) is 7.38. The van der Waals surface area contributed by atoms with E-state index in [9.17, 15) is 4.79 Å². The summed E-state index contributed by atoms with van der Waals surface area (Å²) in [6.07, 6.45) is 3.30. The molecule has 2 heterocycles. The van der Waals surface area contributed by atoms with Gasteiger partial charge < -0.3 is 14.1 Å². The molecule has 1 amide bonds. The summed E-state index contributed by atoms with van der Waals surface area (Å²) in [7, 11) is 0. The molecule has 0 saturated heterocycles. The third kappa shape index (κ3) is 4.40. The number of hydrogen-bond acceptors (Lipinski definition) is 4. The molecule has 0 bridgehead atoms. The minimum atomic E-state index is -0.285. The van der Waals surface area contributed by atoms with Crippen LogP contribution in [-0.4, -0.2) is 22.5 Å². The number of furan rings is 1. The maximum Gasteiger partial charge on any atom is 0.250 e. The largest absolute Gasteiger partial charge is 0.493 e. The van der Waals surface area contributed by atoms with Crippen molar-refractivity contribution in [3.05, 3.63) is 83.1 Å². The Labute approximate surface area is 207 Å². The van der Waals surface area contributed by atoms with Gasteiger partial charge in [-0.15, -0.1) is 0 Å². The van der Waals surface area contributed by atoms with Crippen LogP contribution in [0, 0.1) is 6.92 Å². The van der Waals surface area contributed by atoms with Gasteiger partial charge >= 0.3 is 0 Å². The smallest absolute Gasteiger partial charge is 0.250 e. The number of amides is 1. The third-order valence-electron chi connectivity index (χ3n) is 5.89. The lowest BCUT2D eigenvalue weighted by Crippen LogP contribution is -2.10. The zero-order valence-corrected chi connectivity index (χ0v) is 20.4. The highest BCUT2D eigenvalue weighted by Crippen LogP contribution is 2.41. The Bertz CT molecular complexity index is 1550. The van der Waals surface area contributed by atoms with Crippen LogP contribution in [-0.2, 0) is 4.79 Å². The van der Waals surface area contributed by atoms with Crippen molar-refractivity contribution in [3.63, 3.8) is 0 Å². The van der Waals surface area contributed by atoms with Crippen molar-refractivity contribution >= 4 is 51.0 Å². The van der Waals surface area contributed by atoms with E-state index in [1.54, 1.807) is 12.3 Å². The standard InChI is InChI=1S/C28H24ClN3O3/c1-4-34-26-17(3)27-21(22(15-35-27)18-9-11-19(29)12-10-18)14-20(26)16(2)13-25(33)32-28-30-23-7-5-6-8-24(23)31-28/h5-15H,4H2,1-3H3,(H2,30,31,32,33)/b16-13+. The number of aryl methyl sites for hydroxylation is 1. The number of H-pyrrole nitrogens is 1. The average molecular weight is 486 g/mol. The molecule has 0 aliphatic carbocycles. The lowest BCUT2D eigenvalue weighted by atomic mass is 9.96. The van der Waals surface area contributed by atoms with Crippen LogP contribution in [0.4, 0.5) is 5.95 Å². The number of fused-ring (bicyclic) bond motifs is 2. The normalized spacial score (nSPS) is 11.8. The molecule has 2 N–H and O–H groups in total. The number of carbonyl (C=O) groups excluding carboxylic acids is 1. The Morgan fingerprint density at radius 2 is 1.97 bits per heavy atom. The van der Waals surface area contributed by atoms with Crippen LogP contribution in [0.2, 0.25) is 5.02 Å². The summed E-state index contributed by atoms with van der Waals surface area (Å²) in [5, 5.41) is 4.43. The third-order valence-corrected chi connectivity index (χ3v) is 6.14. The fourth-order valence-electron chi connectivity index (χ4n) is 4.23. The van der Waals surface area contributed by atoms with Gasteiger partial charge in [0, 0.05) is 33.2 Å². The number of allylic oxidation sites excluding steroid dienone is 1. The first-order valence-corrected chi connectivity index (χ1v) is 11.7.